The summed E-state index contributed by atoms with van der Waals surface area (Å²) >= 11 is 1.73. The molecular weight excluding hydrogens is 489 g/mol. The third-order valence-electron chi connectivity index (χ3n) is 6.62. The fraction of sp³-hybridized carbons (Fsp3) is 0. The molecule has 0 fully saturated rings. The number of nitrogens with zero attached hydrogens (tertiary/aromatic N) is 3. The number of rotatable bonds is 4. The molecule has 5 heteroatoms. The van der Waals surface area contributed by atoms with Gasteiger partial charge in [-0.25, -0.2) is 19.3 Å². The van der Waals surface area contributed by atoms with E-state index in [-0.39, 0.29) is 5.82 Å². The van der Waals surface area contributed by atoms with E-state index in [9.17, 15) is 0 Å². The standard InChI is InChI=1S/C33H20FN3S/c34-28-20-23(24-15-9-16-26-25-14-7-8-17-29(25)38-30(24)26)18-19-27(28)33-36-31(21-10-3-1-4-11-21)35-32(37-33)22-12-5-2-6-13-22/h1-20H. The maximum absolute atomic E-state index is 15.8. The first-order valence-electron chi connectivity index (χ1n) is 12.3. The van der Waals surface area contributed by atoms with Crippen molar-refractivity contribution in [1.82, 2.24) is 15.0 Å². The van der Waals surface area contributed by atoms with E-state index in [4.69, 9.17) is 4.98 Å². The predicted octanol–water partition coefficient (Wildman–Crippen LogP) is 9.05. The molecule has 0 aliphatic heterocycles. The van der Waals surface area contributed by atoms with Gasteiger partial charge in [-0.1, -0.05) is 103 Å². The second-order valence-corrected chi connectivity index (χ2v) is 10.1. The van der Waals surface area contributed by atoms with Crippen LogP contribution in [0.5, 0.6) is 0 Å². The first-order valence-corrected chi connectivity index (χ1v) is 13.1. The molecule has 7 rings (SSSR count). The van der Waals surface area contributed by atoms with Crippen molar-refractivity contribution in [2.45, 2.75) is 0 Å². The minimum atomic E-state index is -0.371. The Morgan fingerprint density at radius 1 is 0.474 bits per heavy atom. The van der Waals surface area contributed by atoms with Gasteiger partial charge in [0.25, 0.3) is 0 Å². The Morgan fingerprint density at radius 3 is 1.76 bits per heavy atom. The SMILES string of the molecule is Fc1cc(-c2cccc3c2sc2ccccc23)ccc1-c1nc(-c2ccccc2)nc(-c2ccccc2)n1. The summed E-state index contributed by atoms with van der Waals surface area (Å²) in [6, 6.07) is 39.3. The lowest BCUT2D eigenvalue weighted by Crippen LogP contribution is -2.01. The van der Waals surface area contributed by atoms with Crippen LogP contribution in [0.3, 0.4) is 0 Å². The summed E-state index contributed by atoms with van der Waals surface area (Å²) in [5.74, 6) is 0.951. The van der Waals surface area contributed by atoms with Crippen LogP contribution in [-0.4, -0.2) is 15.0 Å². The van der Waals surface area contributed by atoms with E-state index in [1.165, 1.54) is 15.5 Å². The summed E-state index contributed by atoms with van der Waals surface area (Å²) in [7, 11) is 0. The van der Waals surface area contributed by atoms with Gasteiger partial charge in [0.05, 0.1) is 5.56 Å². The Morgan fingerprint density at radius 2 is 1.08 bits per heavy atom. The van der Waals surface area contributed by atoms with Gasteiger partial charge in [-0.15, -0.1) is 11.3 Å². The first kappa shape index (κ1) is 22.5. The van der Waals surface area contributed by atoms with E-state index in [2.05, 4.69) is 40.3 Å². The number of hydrogen-bond donors (Lipinski definition) is 0. The van der Waals surface area contributed by atoms with Crippen LogP contribution in [0.15, 0.2) is 121 Å². The highest BCUT2D eigenvalue weighted by Gasteiger charge is 2.17. The van der Waals surface area contributed by atoms with Gasteiger partial charge in [0, 0.05) is 31.3 Å². The molecule has 7 aromatic rings. The molecule has 0 amide bonds. The molecule has 180 valence electrons. The maximum atomic E-state index is 15.8. The van der Waals surface area contributed by atoms with Gasteiger partial charge in [-0.05, 0) is 29.3 Å². The molecule has 0 aliphatic rings. The molecule has 0 aliphatic carbocycles. The van der Waals surface area contributed by atoms with Gasteiger partial charge in [0.2, 0.25) is 0 Å². The molecule has 0 atom stereocenters. The predicted molar refractivity (Wildman–Crippen MR) is 154 cm³/mol. The van der Waals surface area contributed by atoms with Crippen molar-refractivity contribution in [3.8, 4) is 45.3 Å². The monoisotopic (exact) mass is 509 g/mol. The van der Waals surface area contributed by atoms with Crippen LogP contribution >= 0.6 is 11.3 Å². The van der Waals surface area contributed by atoms with Gasteiger partial charge in [-0.2, -0.15) is 0 Å². The number of fused-ring (bicyclic) bond motifs is 3. The molecule has 2 heterocycles. The molecule has 0 bridgehead atoms. The number of benzene rings is 5. The van der Waals surface area contributed by atoms with Crippen LogP contribution < -0.4 is 0 Å². The van der Waals surface area contributed by atoms with Gasteiger partial charge in [0.1, 0.15) is 5.82 Å². The van der Waals surface area contributed by atoms with Gasteiger partial charge < -0.3 is 0 Å². The molecule has 0 radical (unpaired) electrons. The number of hydrogen-bond acceptors (Lipinski definition) is 4. The van der Waals surface area contributed by atoms with E-state index in [1.807, 2.05) is 78.9 Å². The second kappa shape index (κ2) is 9.29. The molecule has 0 unspecified atom stereocenters. The van der Waals surface area contributed by atoms with Crippen molar-refractivity contribution >= 4 is 31.5 Å². The lowest BCUT2D eigenvalue weighted by atomic mass is 10.0. The Kier molecular flexibility index (Phi) is 5.49. The highest BCUT2D eigenvalue weighted by atomic mass is 32.1. The summed E-state index contributed by atoms with van der Waals surface area (Å²) in [5.41, 5.74) is 3.88. The number of aromatic nitrogens is 3. The molecule has 5 aromatic carbocycles. The molecule has 0 spiro atoms. The average Bonchev–Trinajstić information content (AvgIpc) is 3.37. The van der Waals surface area contributed by atoms with E-state index < -0.39 is 0 Å². The number of halogens is 1. The van der Waals surface area contributed by atoms with Crippen molar-refractivity contribution in [3.63, 3.8) is 0 Å². The van der Waals surface area contributed by atoms with Gasteiger partial charge in [-0.3, -0.25) is 0 Å². The Balaban J connectivity index is 1.37. The van der Waals surface area contributed by atoms with E-state index in [0.717, 1.165) is 27.0 Å². The zero-order chi connectivity index (χ0) is 25.5. The van der Waals surface area contributed by atoms with Crippen molar-refractivity contribution < 1.29 is 4.39 Å². The Hall–Kier alpha value is -4.74. The van der Waals surface area contributed by atoms with Gasteiger partial charge in [0.15, 0.2) is 17.5 Å². The summed E-state index contributed by atoms with van der Waals surface area (Å²) in [6.45, 7) is 0. The van der Waals surface area contributed by atoms with Crippen LogP contribution in [0.2, 0.25) is 0 Å². The number of thiophene rings is 1. The Bertz CT molecular complexity index is 1870. The third kappa shape index (κ3) is 3.94. The van der Waals surface area contributed by atoms with Gasteiger partial charge >= 0.3 is 0 Å². The highest BCUT2D eigenvalue weighted by molar-refractivity contribution is 7.26. The summed E-state index contributed by atoms with van der Waals surface area (Å²) in [6.07, 6.45) is 0. The average molecular weight is 510 g/mol. The quantitative estimate of drug-likeness (QED) is 0.238. The van der Waals surface area contributed by atoms with Crippen LogP contribution in [0.4, 0.5) is 4.39 Å². The molecule has 0 N–H and O–H groups in total. The second-order valence-electron chi connectivity index (χ2n) is 9.01. The summed E-state index contributed by atoms with van der Waals surface area (Å²) in [4.78, 5) is 14.1. The molecule has 0 saturated heterocycles. The van der Waals surface area contributed by atoms with Crippen molar-refractivity contribution in [1.29, 1.82) is 0 Å². The van der Waals surface area contributed by atoms with Crippen LogP contribution in [-0.2, 0) is 0 Å². The van der Waals surface area contributed by atoms with Crippen molar-refractivity contribution in [2.75, 3.05) is 0 Å². The maximum Gasteiger partial charge on any atom is 0.167 e. The van der Waals surface area contributed by atoms with E-state index >= 15 is 4.39 Å². The van der Waals surface area contributed by atoms with Crippen molar-refractivity contribution in [2.24, 2.45) is 0 Å². The normalized spacial score (nSPS) is 11.3. The lowest BCUT2D eigenvalue weighted by Gasteiger charge is -2.10. The molecular formula is C33H20FN3S. The summed E-state index contributed by atoms with van der Waals surface area (Å²) < 4.78 is 18.2. The first-order chi connectivity index (χ1) is 18.7. The van der Waals surface area contributed by atoms with E-state index in [0.29, 0.717) is 23.0 Å². The van der Waals surface area contributed by atoms with E-state index in [1.54, 1.807) is 23.5 Å². The van der Waals surface area contributed by atoms with Crippen molar-refractivity contribution in [3.05, 3.63) is 127 Å². The third-order valence-corrected chi connectivity index (χ3v) is 7.84. The fourth-order valence-corrected chi connectivity index (χ4v) is 6.01. The van der Waals surface area contributed by atoms with Crippen LogP contribution in [0.25, 0.3) is 65.5 Å². The zero-order valence-electron chi connectivity index (χ0n) is 20.2. The fourth-order valence-electron chi connectivity index (χ4n) is 4.77. The largest absolute Gasteiger partial charge is 0.208 e. The topological polar surface area (TPSA) is 38.7 Å². The minimum Gasteiger partial charge on any atom is -0.208 e. The molecule has 2 aromatic heterocycles. The summed E-state index contributed by atoms with van der Waals surface area (Å²) in [5, 5.41) is 2.41. The highest BCUT2D eigenvalue weighted by Crippen LogP contribution is 2.40. The molecule has 3 nitrogen and oxygen atoms in total. The lowest BCUT2D eigenvalue weighted by molar-refractivity contribution is 0.630. The molecule has 38 heavy (non-hydrogen) atoms. The van der Waals surface area contributed by atoms with Crippen LogP contribution in [0.1, 0.15) is 0 Å². The molecule has 0 saturated carbocycles. The minimum absolute atomic E-state index is 0.307. The smallest absolute Gasteiger partial charge is 0.167 e. The van der Waals surface area contributed by atoms with Crippen LogP contribution in [0, 0.1) is 5.82 Å². The zero-order valence-corrected chi connectivity index (χ0v) is 21.0. The Labute approximate surface area is 222 Å².